The molecule has 2 atom stereocenters. The molecule has 4 heteroatoms. The highest BCUT2D eigenvalue weighted by Gasteiger charge is 2.14. The lowest BCUT2D eigenvalue weighted by molar-refractivity contribution is 0.155. The summed E-state index contributed by atoms with van der Waals surface area (Å²) in [4.78, 5) is 10.0. The summed E-state index contributed by atoms with van der Waals surface area (Å²) >= 11 is 11.4. The number of carbonyl (C=O) groups excluding carboxylic acids is 1. The minimum Gasteiger partial charge on any atom is -0.454 e. The first-order valence-electron chi connectivity index (χ1n) is 4.47. The Labute approximate surface area is 89.5 Å². The van der Waals surface area contributed by atoms with Crippen LogP contribution in [0.25, 0.3) is 0 Å². The van der Waals surface area contributed by atoms with Gasteiger partial charge in [0.05, 0.1) is 5.38 Å². The summed E-state index contributed by atoms with van der Waals surface area (Å²) in [5.74, 6) is 0.381. The summed E-state index contributed by atoms with van der Waals surface area (Å²) in [6.45, 7) is 3.54. The van der Waals surface area contributed by atoms with E-state index in [9.17, 15) is 4.79 Å². The summed E-state index contributed by atoms with van der Waals surface area (Å²) in [6.07, 6.45) is 3.43. The zero-order valence-electron chi connectivity index (χ0n) is 7.76. The van der Waals surface area contributed by atoms with Crippen molar-refractivity contribution in [3.8, 4) is 0 Å². The second-order valence-corrected chi connectivity index (χ2v) is 3.88. The maximum absolute atomic E-state index is 10.0. The molecule has 0 spiro atoms. The van der Waals surface area contributed by atoms with E-state index >= 15 is 0 Å². The smallest absolute Gasteiger partial charge is 0.417 e. The molecule has 0 aliphatic rings. The van der Waals surface area contributed by atoms with E-state index in [1.165, 1.54) is 6.47 Å². The van der Waals surface area contributed by atoms with Gasteiger partial charge in [0.2, 0.25) is 0 Å². The van der Waals surface area contributed by atoms with Gasteiger partial charge in [0, 0.05) is 12.3 Å². The molecule has 2 unspecified atom stereocenters. The molecule has 0 aliphatic heterocycles. The van der Waals surface area contributed by atoms with E-state index in [-0.39, 0.29) is 11.5 Å². The molecule has 0 heterocycles. The van der Waals surface area contributed by atoms with E-state index in [1.807, 2.05) is 0 Å². The van der Waals surface area contributed by atoms with Crippen molar-refractivity contribution in [3.05, 3.63) is 0 Å². The fourth-order valence-electron chi connectivity index (χ4n) is 1.07. The third-order valence-corrected chi connectivity index (χ3v) is 2.64. The van der Waals surface area contributed by atoms with Gasteiger partial charge in [0.15, 0.2) is 0 Å². The minimum absolute atomic E-state index is 0.126. The van der Waals surface area contributed by atoms with Crippen LogP contribution in [0.2, 0.25) is 0 Å². The first-order chi connectivity index (χ1) is 6.24. The van der Waals surface area contributed by atoms with Crippen LogP contribution in [-0.4, -0.2) is 23.8 Å². The third kappa shape index (κ3) is 7.15. The average molecular weight is 226 g/mol. The number of rotatable bonds is 8. The van der Waals surface area contributed by atoms with Crippen LogP contribution in [-0.2, 0) is 9.53 Å². The molecular formula is C9H15Cl2O2. The molecule has 2 nitrogen and oxygen atoms in total. The number of ether oxygens (including phenoxy) is 1. The highest BCUT2D eigenvalue weighted by atomic mass is 35.5. The fraction of sp³-hybridized carbons (Fsp3) is 0.889. The van der Waals surface area contributed by atoms with Gasteiger partial charge in [0.25, 0.3) is 0 Å². The first-order valence-corrected chi connectivity index (χ1v) is 5.44. The number of hydrogen-bond acceptors (Lipinski definition) is 2. The Bertz CT molecular complexity index is 131. The minimum atomic E-state index is -0.128. The van der Waals surface area contributed by atoms with Crippen molar-refractivity contribution in [1.82, 2.24) is 0 Å². The lowest BCUT2D eigenvalue weighted by Crippen LogP contribution is -2.18. The zero-order chi connectivity index (χ0) is 10.1. The Hall–Kier alpha value is 0.0500. The lowest BCUT2D eigenvalue weighted by atomic mass is 10.1. The SMILES string of the molecule is CCCCC(CC(Cl)CCl)O[C]=O. The predicted molar refractivity (Wildman–Crippen MR) is 55.1 cm³/mol. The summed E-state index contributed by atoms with van der Waals surface area (Å²) in [7, 11) is 0. The van der Waals surface area contributed by atoms with Crippen molar-refractivity contribution in [2.45, 2.75) is 44.1 Å². The van der Waals surface area contributed by atoms with E-state index in [1.54, 1.807) is 0 Å². The first kappa shape index (κ1) is 13.1. The standard InChI is InChI=1S/C9H15Cl2O2/c1-2-3-4-9(13-7-12)5-8(11)6-10/h8-9H,2-6H2,1H3. The lowest BCUT2D eigenvalue weighted by Gasteiger charge is -2.15. The fourth-order valence-corrected chi connectivity index (χ4v) is 1.40. The van der Waals surface area contributed by atoms with E-state index in [4.69, 9.17) is 27.9 Å². The zero-order valence-corrected chi connectivity index (χ0v) is 9.27. The third-order valence-electron chi connectivity index (χ3n) is 1.78. The molecule has 0 amide bonds. The van der Waals surface area contributed by atoms with Crippen LogP contribution in [0, 0.1) is 0 Å². The molecule has 0 saturated carbocycles. The molecule has 77 valence electrons. The second kappa shape index (κ2) is 8.64. The summed E-state index contributed by atoms with van der Waals surface area (Å²) in [5, 5.41) is -0.128. The molecule has 0 N–H and O–H groups in total. The van der Waals surface area contributed by atoms with Crippen molar-refractivity contribution in [2.75, 3.05) is 5.88 Å². The molecule has 0 bridgehead atoms. The van der Waals surface area contributed by atoms with Gasteiger partial charge in [-0.3, -0.25) is 0 Å². The van der Waals surface area contributed by atoms with Gasteiger partial charge >= 0.3 is 6.47 Å². The van der Waals surface area contributed by atoms with Gasteiger partial charge in [-0.15, -0.1) is 23.2 Å². The molecule has 1 radical (unpaired) electrons. The molecule has 13 heavy (non-hydrogen) atoms. The van der Waals surface area contributed by atoms with Gasteiger partial charge < -0.3 is 4.74 Å². The van der Waals surface area contributed by atoms with Crippen molar-refractivity contribution >= 4 is 29.7 Å². The number of alkyl halides is 2. The summed E-state index contributed by atoms with van der Waals surface area (Å²) in [5.41, 5.74) is 0. The molecular weight excluding hydrogens is 211 g/mol. The van der Waals surface area contributed by atoms with E-state index < -0.39 is 0 Å². The Morgan fingerprint density at radius 2 is 2.23 bits per heavy atom. The van der Waals surface area contributed by atoms with Gasteiger partial charge in [-0.25, -0.2) is 4.79 Å². The van der Waals surface area contributed by atoms with Gasteiger partial charge in [-0.05, 0) is 6.42 Å². The molecule has 0 aliphatic carbocycles. The largest absolute Gasteiger partial charge is 0.454 e. The van der Waals surface area contributed by atoms with Crippen molar-refractivity contribution in [2.24, 2.45) is 0 Å². The van der Waals surface area contributed by atoms with Crippen LogP contribution in [0.1, 0.15) is 32.6 Å². The summed E-state index contributed by atoms with van der Waals surface area (Å²) < 4.78 is 4.77. The van der Waals surface area contributed by atoms with E-state index in [0.29, 0.717) is 12.3 Å². The quantitative estimate of drug-likeness (QED) is 0.595. The van der Waals surface area contributed by atoms with Crippen molar-refractivity contribution in [1.29, 1.82) is 0 Å². The Kier molecular flexibility index (Phi) is 8.67. The Morgan fingerprint density at radius 3 is 2.69 bits per heavy atom. The van der Waals surface area contributed by atoms with Crippen LogP contribution in [0.3, 0.4) is 0 Å². The monoisotopic (exact) mass is 225 g/mol. The van der Waals surface area contributed by atoms with Crippen molar-refractivity contribution in [3.63, 3.8) is 0 Å². The maximum Gasteiger partial charge on any atom is 0.417 e. The number of halogens is 2. The Balaban J connectivity index is 3.71. The summed E-state index contributed by atoms with van der Waals surface area (Å²) in [6, 6.07) is 0. The topological polar surface area (TPSA) is 26.3 Å². The van der Waals surface area contributed by atoms with E-state index in [2.05, 4.69) is 6.92 Å². The van der Waals surface area contributed by atoms with Gasteiger partial charge in [-0.2, -0.15) is 0 Å². The molecule has 0 saturated heterocycles. The Morgan fingerprint density at radius 1 is 1.54 bits per heavy atom. The highest BCUT2D eigenvalue weighted by molar-refractivity contribution is 6.28. The number of unbranched alkanes of at least 4 members (excludes halogenated alkanes) is 1. The average Bonchev–Trinajstić information content (AvgIpc) is 2.14. The van der Waals surface area contributed by atoms with Crippen LogP contribution in [0.5, 0.6) is 0 Å². The predicted octanol–water partition coefficient (Wildman–Crippen LogP) is 2.87. The van der Waals surface area contributed by atoms with Crippen LogP contribution in [0.15, 0.2) is 0 Å². The van der Waals surface area contributed by atoms with Crippen LogP contribution >= 0.6 is 23.2 Å². The second-order valence-electron chi connectivity index (χ2n) is 2.95. The van der Waals surface area contributed by atoms with Crippen LogP contribution in [0.4, 0.5) is 0 Å². The molecule has 0 aromatic carbocycles. The van der Waals surface area contributed by atoms with E-state index in [0.717, 1.165) is 19.3 Å². The van der Waals surface area contributed by atoms with Crippen molar-refractivity contribution < 1.29 is 9.53 Å². The molecule has 0 fully saturated rings. The van der Waals surface area contributed by atoms with Crippen LogP contribution < -0.4 is 0 Å². The maximum atomic E-state index is 10.0. The van der Waals surface area contributed by atoms with Gasteiger partial charge in [0.1, 0.15) is 6.10 Å². The highest BCUT2D eigenvalue weighted by Crippen LogP contribution is 2.14. The molecule has 0 aromatic heterocycles. The normalized spacial score (nSPS) is 15.0. The molecule has 0 rings (SSSR count). The number of hydrogen-bond donors (Lipinski definition) is 0. The molecule has 0 aromatic rings. The van der Waals surface area contributed by atoms with Gasteiger partial charge in [-0.1, -0.05) is 19.8 Å².